The van der Waals surface area contributed by atoms with Gasteiger partial charge in [0, 0.05) is 6.07 Å². The average Bonchev–Trinajstić information content (AvgIpc) is 2.34. The van der Waals surface area contributed by atoms with E-state index < -0.39 is 11.8 Å². The molecule has 0 N–H and O–H groups in total. The van der Waals surface area contributed by atoms with Crippen LogP contribution in [0.5, 0.6) is 5.75 Å². The molecule has 5 heteroatoms. The van der Waals surface area contributed by atoms with Crippen LogP contribution in [-0.4, -0.2) is 5.97 Å². The normalized spacial score (nSPS) is 10.2. The van der Waals surface area contributed by atoms with Gasteiger partial charge in [0.1, 0.15) is 11.6 Å². The van der Waals surface area contributed by atoms with Gasteiger partial charge in [0.2, 0.25) is 0 Å². The van der Waals surface area contributed by atoms with Crippen molar-refractivity contribution in [2.45, 2.75) is 0 Å². The van der Waals surface area contributed by atoms with Crippen molar-refractivity contribution in [1.82, 2.24) is 0 Å². The van der Waals surface area contributed by atoms with Crippen molar-refractivity contribution in [3.8, 4) is 5.75 Å². The largest absolute Gasteiger partial charge is 0.423 e. The average molecular weight is 285 g/mol. The van der Waals surface area contributed by atoms with Gasteiger partial charge in [-0.3, -0.25) is 0 Å². The SMILES string of the molecule is O=C(Oc1ccc(Cl)c(Cl)c1)c1ccc(F)cc1. The first-order valence-corrected chi connectivity index (χ1v) is 5.74. The predicted octanol–water partition coefficient (Wildman–Crippen LogP) is 4.35. The van der Waals surface area contributed by atoms with Gasteiger partial charge in [-0.2, -0.15) is 0 Å². The molecule has 18 heavy (non-hydrogen) atoms. The molecule has 0 bridgehead atoms. The molecule has 0 amide bonds. The summed E-state index contributed by atoms with van der Waals surface area (Å²) < 4.78 is 17.8. The van der Waals surface area contributed by atoms with Gasteiger partial charge in [0.25, 0.3) is 0 Å². The zero-order valence-electron chi connectivity index (χ0n) is 8.99. The third kappa shape index (κ3) is 3.00. The first kappa shape index (κ1) is 12.9. The van der Waals surface area contributed by atoms with E-state index in [4.69, 9.17) is 27.9 Å². The van der Waals surface area contributed by atoms with Crippen molar-refractivity contribution >= 4 is 29.2 Å². The summed E-state index contributed by atoms with van der Waals surface area (Å²) in [5.74, 6) is -0.729. The van der Waals surface area contributed by atoms with Gasteiger partial charge in [-0.05, 0) is 36.4 Å². The lowest BCUT2D eigenvalue weighted by Crippen LogP contribution is -2.08. The molecule has 0 aromatic heterocycles. The van der Waals surface area contributed by atoms with Gasteiger partial charge in [-0.1, -0.05) is 23.2 Å². The van der Waals surface area contributed by atoms with Crippen molar-refractivity contribution in [2.24, 2.45) is 0 Å². The Labute approximate surface area is 113 Å². The van der Waals surface area contributed by atoms with Crippen LogP contribution >= 0.6 is 23.2 Å². The minimum absolute atomic E-state index is 0.252. The Kier molecular flexibility index (Phi) is 3.84. The van der Waals surface area contributed by atoms with Crippen molar-refractivity contribution in [1.29, 1.82) is 0 Å². The van der Waals surface area contributed by atoms with E-state index in [9.17, 15) is 9.18 Å². The summed E-state index contributed by atoms with van der Waals surface area (Å²) in [6, 6.07) is 9.54. The molecule has 2 rings (SSSR count). The topological polar surface area (TPSA) is 26.3 Å². The van der Waals surface area contributed by atoms with E-state index in [-0.39, 0.29) is 11.3 Å². The van der Waals surface area contributed by atoms with Crippen molar-refractivity contribution in [2.75, 3.05) is 0 Å². The minimum Gasteiger partial charge on any atom is -0.423 e. The lowest BCUT2D eigenvalue weighted by Gasteiger charge is -2.05. The highest BCUT2D eigenvalue weighted by Gasteiger charge is 2.09. The molecule has 2 aromatic carbocycles. The minimum atomic E-state index is -0.589. The molecular formula is C13H7Cl2FO2. The van der Waals surface area contributed by atoms with Crippen LogP contribution < -0.4 is 4.74 Å². The summed E-state index contributed by atoms with van der Waals surface area (Å²) in [6.07, 6.45) is 0. The third-order valence-electron chi connectivity index (χ3n) is 2.18. The first-order chi connectivity index (χ1) is 8.56. The number of rotatable bonds is 2. The summed E-state index contributed by atoms with van der Waals surface area (Å²) in [4.78, 5) is 11.7. The maximum Gasteiger partial charge on any atom is 0.343 e. The predicted molar refractivity (Wildman–Crippen MR) is 67.8 cm³/mol. The fraction of sp³-hybridized carbons (Fsp3) is 0. The molecule has 92 valence electrons. The van der Waals surface area contributed by atoms with E-state index in [0.717, 1.165) is 0 Å². The Morgan fingerprint density at radius 3 is 2.28 bits per heavy atom. The number of esters is 1. The quantitative estimate of drug-likeness (QED) is 0.605. The van der Waals surface area contributed by atoms with Gasteiger partial charge in [0.15, 0.2) is 0 Å². The van der Waals surface area contributed by atoms with Crippen molar-refractivity contribution in [3.05, 3.63) is 63.9 Å². The Balaban J connectivity index is 2.16. The molecule has 0 fully saturated rings. The second-order valence-corrected chi connectivity index (χ2v) is 4.29. The van der Waals surface area contributed by atoms with Crippen molar-refractivity contribution < 1.29 is 13.9 Å². The Hall–Kier alpha value is -1.58. The smallest absolute Gasteiger partial charge is 0.343 e. The summed E-state index contributed by atoms with van der Waals surface area (Å²) in [7, 11) is 0. The van der Waals surface area contributed by atoms with E-state index >= 15 is 0 Å². The lowest BCUT2D eigenvalue weighted by atomic mass is 10.2. The molecule has 0 unspecified atom stereocenters. The van der Waals surface area contributed by atoms with E-state index in [2.05, 4.69) is 0 Å². The van der Waals surface area contributed by atoms with Crippen LogP contribution in [0.15, 0.2) is 42.5 Å². The summed E-state index contributed by atoms with van der Waals surface area (Å²) in [6.45, 7) is 0. The highest BCUT2D eigenvalue weighted by Crippen LogP contribution is 2.26. The third-order valence-corrected chi connectivity index (χ3v) is 2.92. The van der Waals surface area contributed by atoms with Crippen LogP contribution in [0, 0.1) is 5.82 Å². The number of hydrogen-bond donors (Lipinski definition) is 0. The van der Waals surface area contributed by atoms with Crippen LogP contribution in [-0.2, 0) is 0 Å². The van der Waals surface area contributed by atoms with Gasteiger partial charge in [0.05, 0.1) is 15.6 Å². The van der Waals surface area contributed by atoms with E-state index in [1.165, 1.54) is 42.5 Å². The monoisotopic (exact) mass is 284 g/mol. The Bertz CT molecular complexity index is 582. The molecular weight excluding hydrogens is 278 g/mol. The Morgan fingerprint density at radius 1 is 1.00 bits per heavy atom. The second kappa shape index (κ2) is 5.38. The fourth-order valence-corrected chi connectivity index (χ4v) is 1.58. The van der Waals surface area contributed by atoms with Crippen LogP contribution in [0.2, 0.25) is 10.0 Å². The first-order valence-electron chi connectivity index (χ1n) is 4.99. The number of halogens is 3. The highest BCUT2D eigenvalue weighted by atomic mass is 35.5. The summed E-state index contributed by atoms with van der Waals surface area (Å²) in [5.41, 5.74) is 0.252. The van der Waals surface area contributed by atoms with Crippen LogP contribution in [0.25, 0.3) is 0 Å². The van der Waals surface area contributed by atoms with E-state index in [1.807, 2.05) is 0 Å². The Morgan fingerprint density at radius 2 is 1.67 bits per heavy atom. The molecule has 0 aliphatic rings. The maximum atomic E-state index is 12.7. The van der Waals surface area contributed by atoms with Gasteiger partial charge < -0.3 is 4.74 Å². The zero-order chi connectivity index (χ0) is 13.1. The zero-order valence-corrected chi connectivity index (χ0v) is 10.5. The summed E-state index contributed by atoms with van der Waals surface area (Å²) >= 11 is 11.5. The van der Waals surface area contributed by atoms with E-state index in [0.29, 0.717) is 10.0 Å². The molecule has 0 radical (unpaired) electrons. The number of carbonyl (C=O) groups excluding carboxylic acids is 1. The number of carbonyl (C=O) groups is 1. The highest BCUT2D eigenvalue weighted by molar-refractivity contribution is 6.42. The molecule has 0 aliphatic carbocycles. The standard InChI is InChI=1S/C13H7Cl2FO2/c14-11-6-5-10(7-12(11)15)18-13(17)8-1-3-9(16)4-2-8/h1-7H. The number of hydrogen-bond acceptors (Lipinski definition) is 2. The van der Waals surface area contributed by atoms with Crippen LogP contribution in [0.1, 0.15) is 10.4 Å². The maximum absolute atomic E-state index is 12.7. The molecule has 0 spiro atoms. The molecule has 0 aliphatic heterocycles. The van der Waals surface area contributed by atoms with Gasteiger partial charge in [-0.25, -0.2) is 9.18 Å². The van der Waals surface area contributed by atoms with E-state index in [1.54, 1.807) is 0 Å². The fourth-order valence-electron chi connectivity index (χ4n) is 1.29. The molecule has 2 aromatic rings. The van der Waals surface area contributed by atoms with Gasteiger partial charge >= 0.3 is 5.97 Å². The second-order valence-electron chi connectivity index (χ2n) is 3.47. The molecule has 0 heterocycles. The lowest BCUT2D eigenvalue weighted by molar-refractivity contribution is 0.0735. The van der Waals surface area contributed by atoms with Gasteiger partial charge in [-0.15, -0.1) is 0 Å². The summed E-state index contributed by atoms with van der Waals surface area (Å²) in [5, 5.41) is 0.666. The molecule has 2 nitrogen and oxygen atoms in total. The van der Waals surface area contributed by atoms with Crippen LogP contribution in [0.3, 0.4) is 0 Å². The number of benzene rings is 2. The van der Waals surface area contributed by atoms with Crippen molar-refractivity contribution in [3.63, 3.8) is 0 Å². The number of ether oxygens (including phenoxy) is 1. The molecule has 0 saturated carbocycles. The molecule has 0 atom stereocenters. The van der Waals surface area contributed by atoms with Crippen LogP contribution in [0.4, 0.5) is 4.39 Å². The molecule has 0 saturated heterocycles.